The number of aryl methyl sites for hydroxylation is 1. The first-order chi connectivity index (χ1) is 5.43. The second-order valence-corrected chi connectivity index (χ2v) is 2.77. The molecule has 1 aromatic heterocycles. The van der Waals surface area contributed by atoms with Gasteiger partial charge < -0.3 is 0 Å². The molecule has 0 spiro atoms. The molecular weight excluding hydrogens is 136 g/mol. The summed E-state index contributed by atoms with van der Waals surface area (Å²) in [7, 11) is 0. The van der Waals surface area contributed by atoms with Crippen molar-refractivity contribution in [2.75, 3.05) is 0 Å². The lowest BCUT2D eigenvalue weighted by molar-refractivity contribution is 0.541. The molecule has 0 aliphatic rings. The highest BCUT2D eigenvalue weighted by Crippen LogP contribution is 2.00. The second-order valence-electron chi connectivity index (χ2n) is 2.77. The molecule has 1 radical (unpaired) electrons. The van der Waals surface area contributed by atoms with Gasteiger partial charge in [0.15, 0.2) is 0 Å². The summed E-state index contributed by atoms with van der Waals surface area (Å²) in [6.45, 7) is 3.27. The van der Waals surface area contributed by atoms with Crippen molar-refractivity contribution >= 4 is 0 Å². The first kappa shape index (κ1) is 8.31. The van der Waals surface area contributed by atoms with Crippen LogP contribution in [0.25, 0.3) is 0 Å². The van der Waals surface area contributed by atoms with Gasteiger partial charge in [0.05, 0.1) is 0 Å². The van der Waals surface area contributed by atoms with Crippen molar-refractivity contribution in [3.05, 3.63) is 18.5 Å². The first-order valence-corrected chi connectivity index (χ1v) is 4.33. The Morgan fingerprint density at radius 2 is 2.27 bits per heavy atom. The Labute approximate surface area is 68.2 Å². The normalized spacial score (nSPS) is 10.3. The van der Waals surface area contributed by atoms with Crippen molar-refractivity contribution in [1.29, 1.82) is 0 Å². The summed E-state index contributed by atoms with van der Waals surface area (Å²) in [5.74, 6) is 0. The number of rotatable bonds is 5. The summed E-state index contributed by atoms with van der Waals surface area (Å²) in [5, 5.41) is 4.01. The third-order valence-corrected chi connectivity index (χ3v) is 1.75. The van der Waals surface area contributed by atoms with Crippen LogP contribution in [-0.2, 0) is 6.54 Å². The first-order valence-electron chi connectivity index (χ1n) is 4.33. The Hall–Kier alpha value is -0.790. The van der Waals surface area contributed by atoms with Crippen LogP contribution in [0.15, 0.2) is 12.3 Å². The molecule has 0 aliphatic heterocycles. The van der Waals surface area contributed by atoms with E-state index in [4.69, 9.17) is 0 Å². The lowest BCUT2D eigenvalue weighted by Crippen LogP contribution is -1.97. The molecule has 2 nitrogen and oxygen atoms in total. The van der Waals surface area contributed by atoms with Gasteiger partial charge in [-0.15, -0.1) is 0 Å². The molecule has 1 aromatic rings. The zero-order chi connectivity index (χ0) is 7.94. The number of aromatic nitrogens is 2. The minimum Gasteiger partial charge on any atom is -0.272 e. The SMILES string of the molecule is CCCCCCn1cc[c]n1. The Morgan fingerprint density at radius 1 is 1.36 bits per heavy atom. The maximum atomic E-state index is 4.01. The van der Waals surface area contributed by atoms with Crippen molar-refractivity contribution < 1.29 is 0 Å². The molecule has 0 unspecified atom stereocenters. The largest absolute Gasteiger partial charge is 0.272 e. The molecule has 0 saturated carbocycles. The van der Waals surface area contributed by atoms with Crippen LogP contribution >= 0.6 is 0 Å². The van der Waals surface area contributed by atoms with E-state index >= 15 is 0 Å². The van der Waals surface area contributed by atoms with Gasteiger partial charge in [-0.1, -0.05) is 26.2 Å². The van der Waals surface area contributed by atoms with Gasteiger partial charge in [0.2, 0.25) is 0 Å². The van der Waals surface area contributed by atoms with Crippen LogP contribution in [0.2, 0.25) is 0 Å². The topological polar surface area (TPSA) is 17.8 Å². The van der Waals surface area contributed by atoms with Crippen LogP contribution in [0, 0.1) is 6.20 Å². The number of nitrogens with zero attached hydrogens (tertiary/aromatic N) is 2. The smallest absolute Gasteiger partial charge is 0.113 e. The predicted octanol–water partition coefficient (Wildman–Crippen LogP) is 2.26. The van der Waals surface area contributed by atoms with Gasteiger partial charge in [-0.3, -0.25) is 4.68 Å². The fourth-order valence-electron chi connectivity index (χ4n) is 1.09. The van der Waals surface area contributed by atoms with Gasteiger partial charge in [-0.25, -0.2) is 0 Å². The molecule has 0 aliphatic carbocycles. The molecule has 0 saturated heterocycles. The summed E-state index contributed by atoms with van der Waals surface area (Å²) in [5.41, 5.74) is 0. The summed E-state index contributed by atoms with van der Waals surface area (Å²) >= 11 is 0. The highest BCUT2D eigenvalue weighted by Gasteiger charge is 1.89. The van der Waals surface area contributed by atoms with E-state index in [2.05, 4.69) is 18.2 Å². The van der Waals surface area contributed by atoms with Crippen LogP contribution in [0.1, 0.15) is 32.6 Å². The zero-order valence-corrected chi connectivity index (χ0v) is 7.08. The molecule has 61 valence electrons. The summed E-state index contributed by atoms with van der Waals surface area (Å²) in [4.78, 5) is 0. The van der Waals surface area contributed by atoms with Crippen LogP contribution in [0.4, 0.5) is 0 Å². The maximum absolute atomic E-state index is 4.01. The van der Waals surface area contributed by atoms with Crippen molar-refractivity contribution in [2.24, 2.45) is 0 Å². The molecule has 0 amide bonds. The molecule has 2 heteroatoms. The Bertz CT molecular complexity index is 168. The van der Waals surface area contributed by atoms with E-state index in [-0.39, 0.29) is 0 Å². The van der Waals surface area contributed by atoms with E-state index in [0.29, 0.717) is 0 Å². The van der Waals surface area contributed by atoms with Crippen LogP contribution < -0.4 is 0 Å². The third-order valence-electron chi connectivity index (χ3n) is 1.75. The maximum Gasteiger partial charge on any atom is 0.113 e. The van der Waals surface area contributed by atoms with Crippen molar-refractivity contribution in [2.45, 2.75) is 39.2 Å². The zero-order valence-electron chi connectivity index (χ0n) is 7.08. The van der Waals surface area contributed by atoms with Gasteiger partial charge in [-0.2, -0.15) is 5.10 Å². The van der Waals surface area contributed by atoms with Crippen molar-refractivity contribution in [1.82, 2.24) is 9.78 Å². The Kier molecular flexibility index (Phi) is 3.73. The summed E-state index contributed by atoms with van der Waals surface area (Å²) < 4.78 is 1.94. The van der Waals surface area contributed by atoms with Crippen LogP contribution in [-0.4, -0.2) is 9.78 Å². The average molecular weight is 151 g/mol. The quantitative estimate of drug-likeness (QED) is 0.590. The standard InChI is InChI=1S/C9H15N2/c1-2-3-4-5-8-11-9-6-7-10-11/h6,9H,2-5,8H2,1H3. The summed E-state index contributed by atoms with van der Waals surface area (Å²) in [6, 6.07) is 1.85. The van der Waals surface area contributed by atoms with Gasteiger partial charge in [0, 0.05) is 12.7 Å². The monoisotopic (exact) mass is 151 g/mol. The minimum absolute atomic E-state index is 1.05. The van der Waals surface area contributed by atoms with Gasteiger partial charge in [0.25, 0.3) is 0 Å². The molecule has 0 N–H and O–H groups in total. The fourth-order valence-corrected chi connectivity index (χ4v) is 1.09. The van der Waals surface area contributed by atoms with Crippen molar-refractivity contribution in [3.8, 4) is 0 Å². The molecule has 1 heterocycles. The Balaban J connectivity index is 2.04. The highest BCUT2D eigenvalue weighted by molar-refractivity contribution is 4.75. The highest BCUT2D eigenvalue weighted by atomic mass is 15.3. The molecule has 11 heavy (non-hydrogen) atoms. The lowest BCUT2D eigenvalue weighted by atomic mass is 10.2. The minimum atomic E-state index is 1.05. The number of hydrogen-bond donors (Lipinski definition) is 0. The van der Waals surface area contributed by atoms with E-state index in [9.17, 15) is 0 Å². The number of hydrogen-bond acceptors (Lipinski definition) is 1. The molecular formula is C9H15N2. The average Bonchev–Trinajstić information content (AvgIpc) is 2.50. The van der Waals surface area contributed by atoms with Crippen molar-refractivity contribution in [3.63, 3.8) is 0 Å². The molecule has 0 atom stereocenters. The predicted molar refractivity (Wildman–Crippen MR) is 45.2 cm³/mol. The van der Waals surface area contributed by atoms with E-state index in [1.165, 1.54) is 25.7 Å². The van der Waals surface area contributed by atoms with E-state index in [0.717, 1.165) is 6.54 Å². The Morgan fingerprint density at radius 3 is 2.91 bits per heavy atom. The lowest BCUT2D eigenvalue weighted by Gasteiger charge is -1.99. The van der Waals surface area contributed by atoms with Crippen LogP contribution in [0.3, 0.4) is 0 Å². The summed E-state index contributed by atoms with van der Waals surface area (Å²) in [6.07, 6.45) is 9.94. The van der Waals surface area contributed by atoms with E-state index < -0.39 is 0 Å². The molecule has 0 bridgehead atoms. The molecule has 0 fully saturated rings. The second kappa shape index (κ2) is 4.94. The third kappa shape index (κ3) is 3.21. The molecule has 0 aromatic carbocycles. The van der Waals surface area contributed by atoms with Crippen LogP contribution in [0.5, 0.6) is 0 Å². The van der Waals surface area contributed by atoms with E-state index in [1.807, 2.05) is 16.9 Å². The fraction of sp³-hybridized carbons (Fsp3) is 0.667. The number of unbranched alkanes of at least 4 members (excludes halogenated alkanes) is 3. The van der Waals surface area contributed by atoms with Gasteiger partial charge in [0.1, 0.15) is 6.20 Å². The molecule has 1 rings (SSSR count). The van der Waals surface area contributed by atoms with E-state index in [1.54, 1.807) is 0 Å². The van der Waals surface area contributed by atoms with Gasteiger partial charge >= 0.3 is 0 Å². The van der Waals surface area contributed by atoms with Gasteiger partial charge in [-0.05, 0) is 12.5 Å².